The van der Waals surface area contributed by atoms with E-state index in [0.717, 1.165) is 5.56 Å². The van der Waals surface area contributed by atoms with E-state index in [1.54, 1.807) is 0 Å². The van der Waals surface area contributed by atoms with Crippen molar-refractivity contribution in [3.8, 4) is 0 Å². The molecule has 0 aliphatic carbocycles. The number of rotatable bonds is 2. The summed E-state index contributed by atoms with van der Waals surface area (Å²) < 4.78 is 0. The Balaban J connectivity index is 0. The second-order valence-corrected chi connectivity index (χ2v) is 4.26. The van der Waals surface area contributed by atoms with E-state index in [4.69, 9.17) is 0 Å². The largest absolute Gasteiger partial charge is 1.00 e. The summed E-state index contributed by atoms with van der Waals surface area (Å²) in [6, 6.07) is 10.6. The van der Waals surface area contributed by atoms with Crippen LogP contribution in [0.15, 0.2) is 29.3 Å². The molecule has 0 amide bonds. The fourth-order valence-corrected chi connectivity index (χ4v) is 0.923. The van der Waals surface area contributed by atoms with Crippen LogP contribution in [0.2, 0.25) is 0 Å². The summed E-state index contributed by atoms with van der Waals surface area (Å²) in [5, 5.41) is 11.5. The van der Waals surface area contributed by atoms with E-state index in [1.807, 2.05) is 45.0 Å². The number of nitrogens with zero attached hydrogens (tertiary/aromatic N) is 1. The third-order valence-corrected chi connectivity index (χ3v) is 1.81. The molecule has 0 atom stereocenters. The van der Waals surface area contributed by atoms with Gasteiger partial charge in [0.25, 0.3) is 0 Å². The molecule has 0 fully saturated rings. The van der Waals surface area contributed by atoms with Crippen LogP contribution < -0.4 is 42.8 Å². The first-order valence-corrected chi connectivity index (χ1v) is 4.67. The number of hydrogen-bond acceptors (Lipinski definition) is 2. The van der Waals surface area contributed by atoms with E-state index in [9.17, 15) is 5.11 Å². The van der Waals surface area contributed by atoms with Gasteiger partial charge in [0, 0.05) is 6.54 Å². The molecule has 0 N–H and O–H groups in total. The van der Waals surface area contributed by atoms with Gasteiger partial charge in [-0.3, -0.25) is 0 Å². The number of aliphatic imine (C=N–C) groups is 1. The van der Waals surface area contributed by atoms with Gasteiger partial charge < -0.3 is 10.1 Å². The first-order chi connectivity index (χ1) is 6.50. The van der Waals surface area contributed by atoms with Crippen molar-refractivity contribution >= 4 is 5.90 Å². The summed E-state index contributed by atoms with van der Waals surface area (Å²) in [5.74, 6) is -0.0604. The topological polar surface area (TPSA) is 35.4 Å². The molecule has 0 aliphatic rings. The monoisotopic (exact) mass is 203 g/mol. The van der Waals surface area contributed by atoms with Crippen molar-refractivity contribution in [2.24, 2.45) is 10.4 Å². The first kappa shape index (κ1) is 18.3. The van der Waals surface area contributed by atoms with Gasteiger partial charge in [-0.2, -0.15) is 30.3 Å². The summed E-state index contributed by atoms with van der Waals surface area (Å²) >= 11 is 0. The van der Waals surface area contributed by atoms with Gasteiger partial charge in [-0.1, -0.05) is 20.8 Å². The van der Waals surface area contributed by atoms with Crippen LogP contribution in [0.1, 0.15) is 26.3 Å². The van der Waals surface area contributed by atoms with Gasteiger partial charge in [0.05, 0.1) is 0 Å². The summed E-state index contributed by atoms with van der Waals surface area (Å²) in [6.45, 7) is 6.03. The van der Waals surface area contributed by atoms with Gasteiger partial charge in [-0.15, -0.1) is 5.56 Å². The maximum Gasteiger partial charge on any atom is 1.00 e. The van der Waals surface area contributed by atoms with Gasteiger partial charge in [0.2, 0.25) is 0 Å². The van der Waals surface area contributed by atoms with Crippen LogP contribution >= 0.6 is 0 Å². The summed E-state index contributed by atoms with van der Waals surface area (Å²) in [5.41, 5.74) is 0.569. The molecule has 1 aromatic carbocycles. The molecule has 0 saturated carbocycles. The van der Waals surface area contributed by atoms with E-state index in [-0.39, 0.29) is 49.0 Å². The second kappa shape index (κ2) is 8.05. The van der Waals surface area contributed by atoms with Crippen molar-refractivity contribution in [2.75, 3.05) is 0 Å². The van der Waals surface area contributed by atoms with Crippen molar-refractivity contribution in [1.82, 2.24) is 0 Å². The van der Waals surface area contributed by atoms with Crippen molar-refractivity contribution in [2.45, 2.75) is 27.3 Å². The van der Waals surface area contributed by atoms with Crippen LogP contribution in [-0.2, 0) is 6.54 Å². The molecule has 1 aromatic rings. The van der Waals surface area contributed by atoms with Crippen molar-refractivity contribution in [3.63, 3.8) is 0 Å². The Morgan fingerprint density at radius 1 is 1.31 bits per heavy atom. The Bertz CT molecular complexity index is 318. The third kappa shape index (κ3) is 6.46. The Labute approximate surface area is 122 Å². The average molecular weight is 203 g/mol. The van der Waals surface area contributed by atoms with Gasteiger partial charge in [-0.25, -0.2) is 0 Å². The molecule has 0 heterocycles. The first-order valence-electron chi connectivity index (χ1n) is 4.67. The Morgan fingerprint density at radius 2 is 1.94 bits per heavy atom. The van der Waals surface area contributed by atoms with Gasteiger partial charge in [-0.05, 0) is 11.3 Å². The van der Waals surface area contributed by atoms with Crippen LogP contribution in [0.25, 0.3) is 0 Å². The molecule has 0 aliphatic heterocycles. The van der Waals surface area contributed by atoms with Crippen molar-refractivity contribution < 1.29 is 42.8 Å². The number of hydrogen-bond donors (Lipinski definition) is 0. The van der Waals surface area contributed by atoms with Gasteiger partial charge in [0.15, 0.2) is 0 Å². The minimum absolute atomic E-state index is 0. The molecular formula is C12H15Li2NO. The van der Waals surface area contributed by atoms with Crippen LogP contribution in [0, 0.1) is 11.5 Å². The molecule has 0 radical (unpaired) electrons. The van der Waals surface area contributed by atoms with Gasteiger partial charge >= 0.3 is 37.7 Å². The van der Waals surface area contributed by atoms with E-state index in [2.05, 4.69) is 11.1 Å². The summed E-state index contributed by atoms with van der Waals surface area (Å²) in [7, 11) is 0. The summed E-state index contributed by atoms with van der Waals surface area (Å²) in [4.78, 5) is 4.00. The fraction of sp³-hybridized carbons (Fsp3) is 0.417. The molecule has 4 heteroatoms. The molecular weight excluding hydrogens is 188 g/mol. The molecule has 1 rings (SSSR count). The Morgan fingerprint density at radius 3 is 2.38 bits per heavy atom. The Hall–Kier alpha value is -0.115. The van der Waals surface area contributed by atoms with Crippen LogP contribution in [0.4, 0.5) is 0 Å². The van der Waals surface area contributed by atoms with E-state index in [0.29, 0.717) is 6.54 Å². The third-order valence-electron chi connectivity index (χ3n) is 1.81. The quantitative estimate of drug-likeness (QED) is 0.208. The normalized spacial score (nSPS) is 11.3. The Kier molecular flexibility index (Phi) is 9.18. The minimum atomic E-state index is -0.380. The molecule has 76 valence electrons. The smallest absolute Gasteiger partial charge is 0.862 e. The zero-order valence-electron chi connectivity index (χ0n) is 10.9. The van der Waals surface area contributed by atoms with E-state index < -0.39 is 0 Å². The molecule has 0 unspecified atom stereocenters. The van der Waals surface area contributed by atoms with Crippen molar-refractivity contribution in [3.05, 3.63) is 35.9 Å². The molecule has 0 bridgehead atoms. The second-order valence-electron chi connectivity index (χ2n) is 4.26. The standard InChI is InChI=1S/C12H16NO.2Li/c1-12(2,3)11(14)13-9-10-7-5-4-6-8-10;;/h4-7H,9H2,1-3H3,(H,13,14);;/q-1;2*+1/p-1. The maximum absolute atomic E-state index is 11.5. The number of benzene rings is 1. The molecule has 0 aromatic heterocycles. The fourth-order valence-electron chi connectivity index (χ4n) is 0.923. The van der Waals surface area contributed by atoms with E-state index in [1.165, 1.54) is 0 Å². The van der Waals surface area contributed by atoms with E-state index >= 15 is 0 Å². The van der Waals surface area contributed by atoms with Gasteiger partial charge in [0.1, 0.15) is 0 Å². The predicted molar refractivity (Wildman–Crippen MR) is 55.9 cm³/mol. The van der Waals surface area contributed by atoms with Crippen molar-refractivity contribution in [1.29, 1.82) is 0 Å². The van der Waals surface area contributed by atoms with Crippen LogP contribution in [0.3, 0.4) is 0 Å². The molecule has 0 saturated heterocycles. The minimum Gasteiger partial charge on any atom is -0.862 e. The predicted octanol–water partition coefficient (Wildman–Crippen LogP) is -4.20. The zero-order valence-corrected chi connectivity index (χ0v) is 10.9. The molecule has 16 heavy (non-hydrogen) atoms. The SMILES string of the molecule is CC(C)(C)C([O-])=NCc1[c-]cccc1.[Li+].[Li+]. The molecule has 0 spiro atoms. The van der Waals surface area contributed by atoms with Crippen LogP contribution in [-0.4, -0.2) is 5.90 Å². The molecule has 2 nitrogen and oxygen atoms in total. The zero-order chi connectivity index (χ0) is 10.6. The average Bonchev–Trinajstić information content (AvgIpc) is 2.14. The summed E-state index contributed by atoms with van der Waals surface area (Å²) in [6.07, 6.45) is 0. The maximum atomic E-state index is 11.5. The van der Waals surface area contributed by atoms with Crippen LogP contribution in [0.5, 0.6) is 0 Å².